The van der Waals surface area contributed by atoms with Gasteiger partial charge in [-0.25, -0.2) is 9.37 Å². The quantitative estimate of drug-likeness (QED) is 0.910. The van der Waals surface area contributed by atoms with Crippen LogP contribution in [0.1, 0.15) is 22.9 Å². The van der Waals surface area contributed by atoms with Crippen LogP contribution in [0.15, 0.2) is 24.4 Å². The standard InChI is InChI=1S/C14H15FN2O2S/c1-8-3-4-10(6-12(8)15)5-11-7-16-14(20-11)17-13(19)9(2)18/h3-4,6-7,9,18H,5H2,1-2H3,(H,16,17,19). The van der Waals surface area contributed by atoms with E-state index in [1.807, 2.05) is 6.07 Å². The number of aryl methyl sites for hydroxylation is 1. The van der Waals surface area contributed by atoms with E-state index >= 15 is 0 Å². The lowest BCUT2D eigenvalue weighted by molar-refractivity contribution is -0.123. The summed E-state index contributed by atoms with van der Waals surface area (Å²) in [5.74, 6) is -0.720. The first-order valence-electron chi connectivity index (χ1n) is 6.14. The van der Waals surface area contributed by atoms with Gasteiger partial charge in [-0.2, -0.15) is 0 Å². The van der Waals surface area contributed by atoms with Gasteiger partial charge < -0.3 is 5.11 Å². The highest BCUT2D eigenvalue weighted by molar-refractivity contribution is 7.15. The number of rotatable bonds is 4. The van der Waals surface area contributed by atoms with Crippen LogP contribution < -0.4 is 5.32 Å². The van der Waals surface area contributed by atoms with Crippen LogP contribution in [0.2, 0.25) is 0 Å². The maximum absolute atomic E-state index is 13.5. The number of aromatic nitrogens is 1. The number of nitrogens with zero attached hydrogens (tertiary/aromatic N) is 1. The number of hydrogen-bond donors (Lipinski definition) is 2. The van der Waals surface area contributed by atoms with Crippen LogP contribution in [-0.2, 0) is 11.2 Å². The van der Waals surface area contributed by atoms with Crippen molar-refractivity contribution in [3.63, 3.8) is 0 Å². The summed E-state index contributed by atoms with van der Waals surface area (Å²) in [7, 11) is 0. The smallest absolute Gasteiger partial charge is 0.254 e. The molecule has 0 aliphatic carbocycles. The number of aliphatic hydroxyl groups is 1. The summed E-state index contributed by atoms with van der Waals surface area (Å²) in [5.41, 5.74) is 1.47. The average molecular weight is 294 g/mol. The molecule has 2 N–H and O–H groups in total. The summed E-state index contributed by atoms with van der Waals surface area (Å²) in [6.07, 6.45) is 1.12. The molecule has 1 unspecified atom stereocenters. The van der Waals surface area contributed by atoms with Gasteiger partial charge in [0.1, 0.15) is 11.9 Å². The molecule has 4 nitrogen and oxygen atoms in total. The van der Waals surface area contributed by atoms with E-state index in [1.165, 1.54) is 24.3 Å². The van der Waals surface area contributed by atoms with Crippen LogP contribution in [0.5, 0.6) is 0 Å². The molecular formula is C14H15FN2O2S. The molecule has 0 bridgehead atoms. The fourth-order valence-corrected chi connectivity index (χ4v) is 2.45. The van der Waals surface area contributed by atoms with Gasteiger partial charge in [0.15, 0.2) is 5.13 Å². The zero-order valence-electron chi connectivity index (χ0n) is 11.2. The van der Waals surface area contributed by atoms with Crippen LogP contribution in [0.25, 0.3) is 0 Å². The summed E-state index contributed by atoms with van der Waals surface area (Å²) in [4.78, 5) is 16.3. The number of amides is 1. The molecule has 1 atom stereocenters. The Balaban J connectivity index is 2.05. The normalized spacial score (nSPS) is 12.2. The number of halogens is 1. The minimum Gasteiger partial charge on any atom is -0.384 e. The van der Waals surface area contributed by atoms with E-state index in [1.54, 1.807) is 19.2 Å². The highest BCUT2D eigenvalue weighted by Crippen LogP contribution is 2.22. The summed E-state index contributed by atoms with van der Waals surface area (Å²) in [6, 6.07) is 5.11. The third kappa shape index (κ3) is 3.61. The third-order valence-electron chi connectivity index (χ3n) is 2.78. The lowest BCUT2D eigenvalue weighted by Gasteiger charge is -2.03. The molecule has 0 aliphatic heterocycles. The minimum absolute atomic E-state index is 0.227. The van der Waals surface area contributed by atoms with Crippen LogP contribution in [0, 0.1) is 12.7 Å². The first kappa shape index (κ1) is 14.6. The van der Waals surface area contributed by atoms with Gasteiger partial charge in [0, 0.05) is 17.5 Å². The Hall–Kier alpha value is -1.79. The fraction of sp³-hybridized carbons (Fsp3) is 0.286. The predicted octanol–water partition coefficient (Wildman–Crippen LogP) is 2.50. The Bertz CT molecular complexity index is 625. The Morgan fingerprint density at radius 3 is 2.95 bits per heavy atom. The second-order valence-corrected chi connectivity index (χ2v) is 5.67. The van der Waals surface area contributed by atoms with Crippen molar-refractivity contribution in [3.8, 4) is 0 Å². The second kappa shape index (κ2) is 6.11. The summed E-state index contributed by atoms with van der Waals surface area (Å²) >= 11 is 1.31. The highest BCUT2D eigenvalue weighted by atomic mass is 32.1. The van der Waals surface area contributed by atoms with Gasteiger partial charge in [-0.3, -0.25) is 10.1 Å². The monoisotopic (exact) mass is 294 g/mol. The van der Waals surface area contributed by atoms with E-state index in [9.17, 15) is 9.18 Å². The molecule has 0 radical (unpaired) electrons. The molecule has 20 heavy (non-hydrogen) atoms. The topological polar surface area (TPSA) is 62.2 Å². The molecule has 1 amide bonds. The van der Waals surface area contributed by atoms with Crippen LogP contribution in [0.4, 0.5) is 9.52 Å². The largest absolute Gasteiger partial charge is 0.384 e. The van der Waals surface area contributed by atoms with Crippen molar-refractivity contribution in [2.45, 2.75) is 26.4 Å². The zero-order chi connectivity index (χ0) is 14.7. The first-order valence-corrected chi connectivity index (χ1v) is 6.96. The number of aliphatic hydroxyl groups excluding tert-OH is 1. The van der Waals surface area contributed by atoms with Crippen molar-refractivity contribution in [2.75, 3.05) is 5.32 Å². The molecule has 1 aromatic carbocycles. The van der Waals surface area contributed by atoms with E-state index in [4.69, 9.17) is 5.11 Å². The molecule has 1 aromatic heterocycles. The Kier molecular flexibility index (Phi) is 4.46. The Morgan fingerprint density at radius 2 is 2.30 bits per heavy atom. The number of benzene rings is 1. The van der Waals surface area contributed by atoms with E-state index in [-0.39, 0.29) is 5.82 Å². The van der Waals surface area contributed by atoms with Crippen LogP contribution >= 0.6 is 11.3 Å². The van der Waals surface area contributed by atoms with Crippen molar-refractivity contribution in [2.24, 2.45) is 0 Å². The van der Waals surface area contributed by atoms with Crippen molar-refractivity contribution in [1.29, 1.82) is 0 Å². The molecule has 0 saturated heterocycles. The number of carbonyl (C=O) groups excluding carboxylic acids is 1. The maximum Gasteiger partial charge on any atom is 0.254 e. The number of thiazole rings is 1. The molecule has 1 heterocycles. The maximum atomic E-state index is 13.5. The van der Waals surface area contributed by atoms with Gasteiger partial charge >= 0.3 is 0 Å². The average Bonchev–Trinajstić information content (AvgIpc) is 2.81. The van der Waals surface area contributed by atoms with E-state index in [2.05, 4.69) is 10.3 Å². The Labute approximate surface area is 120 Å². The summed E-state index contributed by atoms with van der Waals surface area (Å²) in [6.45, 7) is 3.11. The van der Waals surface area contributed by atoms with Gasteiger partial charge in [0.25, 0.3) is 5.91 Å². The van der Waals surface area contributed by atoms with Crippen molar-refractivity contribution in [3.05, 3.63) is 46.2 Å². The third-order valence-corrected chi connectivity index (χ3v) is 3.69. The lowest BCUT2D eigenvalue weighted by Crippen LogP contribution is -2.24. The molecule has 0 fully saturated rings. The predicted molar refractivity (Wildman–Crippen MR) is 76.4 cm³/mol. The van der Waals surface area contributed by atoms with Gasteiger partial charge in [-0.15, -0.1) is 11.3 Å². The highest BCUT2D eigenvalue weighted by Gasteiger charge is 2.11. The number of carbonyl (C=O) groups is 1. The van der Waals surface area contributed by atoms with Gasteiger partial charge in [0.05, 0.1) is 0 Å². The van der Waals surface area contributed by atoms with Crippen LogP contribution in [-0.4, -0.2) is 22.1 Å². The molecule has 2 aromatic rings. The van der Waals surface area contributed by atoms with E-state index < -0.39 is 12.0 Å². The summed E-state index contributed by atoms with van der Waals surface area (Å²) < 4.78 is 13.5. The van der Waals surface area contributed by atoms with E-state index in [0.29, 0.717) is 17.1 Å². The lowest BCUT2D eigenvalue weighted by atomic mass is 10.1. The van der Waals surface area contributed by atoms with Crippen molar-refractivity contribution >= 4 is 22.4 Å². The summed E-state index contributed by atoms with van der Waals surface area (Å²) in [5, 5.41) is 12.0. The fourth-order valence-electron chi connectivity index (χ4n) is 1.60. The molecule has 106 valence electrons. The van der Waals surface area contributed by atoms with Crippen molar-refractivity contribution in [1.82, 2.24) is 4.98 Å². The first-order chi connectivity index (χ1) is 9.45. The molecule has 0 saturated carbocycles. The number of anilines is 1. The molecule has 0 spiro atoms. The molecule has 2 rings (SSSR count). The SMILES string of the molecule is Cc1ccc(Cc2cnc(NC(=O)C(C)O)s2)cc1F. The molecule has 6 heteroatoms. The van der Waals surface area contributed by atoms with Crippen molar-refractivity contribution < 1.29 is 14.3 Å². The second-order valence-electron chi connectivity index (χ2n) is 4.56. The van der Waals surface area contributed by atoms with Crippen LogP contribution in [0.3, 0.4) is 0 Å². The number of hydrogen-bond acceptors (Lipinski definition) is 4. The van der Waals surface area contributed by atoms with E-state index in [0.717, 1.165) is 10.4 Å². The molecular weight excluding hydrogens is 279 g/mol. The van der Waals surface area contributed by atoms with Gasteiger partial charge in [0.2, 0.25) is 0 Å². The minimum atomic E-state index is -1.08. The van der Waals surface area contributed by atoms with Gasteiger partial charge in [-0.1, -0.05) is 12.1 Å². The zero-order valence-corrected chi connectivity index (χ0v) is 12.0. The molecule has 0 aliphatic rings. The van der Waals surface area contributed by atoms with Gasteiger partial charge in [-0.05, 0) is 31.0 Å². The number of nitrogens with one attached hydrogen (secondary N) is 1. The Morgan fingerprint density at radius 1 is 1.55 bits per heavy atom.